The molecule has 4 aliphatic rings. The summed E-state index contributed by atoms with van der Waals surface area (Å²) in [5.41, 5.74) is 7.39. The maximum absolute atomic E-state index is 14.5. The van der Waals surface area contributed by atoms with Gasteiger partial charge in [-0.2, -0.15) is 5.53 Å². The molecule has 0 spiro atoms. The second-order valence-electron chi connectivity index (χ2n) is 9.62. The van der Waals surface area contributed by atoms with Crippen molar-refractivity contribution in [1.82, 2.24) is 25.7 Å². The fourth-order valence-corrected chi connectivity index (χ4v) is 5.36. The minimum atomic E-state index is -3.14. The van der Waals surface area contributed by atoms with Gasteiger partial charge in [-0.3, -0.25) is 19.4 Å². The molecule has 2 unspecified atom stereocenters. The number of hydrogen-bond donors (Lipinski definition) is 5. The lowest BCUT2D eigenvalue weighted by atomic mass is 10.0. The van der Waals surface area contributed by atoms with Crippen molar-refractivity contribution in [1.29, 1.82) is 0 Å². The first-order valence-electron chi connectivity index (χ1n) is 11.6. The van der Waals surface area contributed by atoms with E-state index in [0.29, 0.717) is 30.5 Å². The molecule has 2 saturated carbocycles. The van der Waals surface area contributed by atoms with Crippen molar-refractivity contribution in [2.45, 2.75) is 50.6 Å². The smallest absolute Gasteiger partial charge is 0.293 e. The molecule has 0 saturated heterocycles. The third kappa shape index (κ3) is 3.37. The molecule has 2 atom stereocenters. The summed E-state index contributed by atoms with van der Waals surface area (Å²) >= 11 is 0. The number of ketones is 1. The lowest BCUT2D eigenvalue weighted by Crippen LogP contribution is -2.97. The Bertz CT molecular complexity index is 1370. The predicted molar refractivity (Wildman–Crippen MR) is 118 cm³/mol. The number of carbonyl (C=O) groups excluding carboxylic acids is 3. The third-order valence-corrected chi connectivity index (χ3v) is 7.40. The van der Waals surface area contributed by atoms with Gasteiger partial charge in [-0.1, -0.05) is 0 Å². The Hall–Kier alpha value is -3.87. The second kappa shape index (κ2) is 7.82. The van der Waals surface area contributed by atoms with Crippen LogP contribution in [0.2, 0.25) is 0 Å². The fraction of sp³-hybridized carbons (Fsp3) is 0.391. The number of halogens is 3. The van der Waals surface area contributed by atoms with E-state index in [1.54, 1.807) is 23.2 Å². The van der Waals surface area contributed by atoms with Gasteiger partial charge in [0.15, 0.2) is 5.82 Å². The van der Waals surface area contributed by atoms with Gasteiger partial charge in [-0.15, -0.1) is 0 Å². The summed E-state index contributed by atoms with van der Waals surface area (Å²) < 4.78 is 42.3. The normalized spacial score (nSPS) is 22.2. The molecule has 2 aliphatic carbocycles. The monoisotopic (exact) mass is 502 g/mol. The molecule has 2 fully saturated rings. The molecule has 0 aromatic carbocycles. The summed E-state index contributed by atoms with van der Waals surface area (Å²) in [5.74, 6) is -3.31. The fourth-order valence-electron chi connectivity index (χ4n) is 5.36. The van der Waals surface area contributed by atoms with Crippen LogP contribution >= 0.6 is 0 Å². The van der Waals surface area contributed by atoms with E-state index < -0.39 is 46.8 Å². The summed E-state index contributed by atoms with van der Waals surface area (Å²) in [6, 6.07) is 1.10. The summed E-state index contributed by atoms with van der Waals surface area (Å²) in [6.07, 6.45) is 2.31. The van der Waals surface area contributed by atoms with Gasteiger partial charge in [0.25, 0.3) is 24.0 Å². The number of fused-ring (bicyclic) bond motifs is 3. The number of rotatable bonds is 7. The average Bonchev–Trinajstić information content (AvgIpc) is 3.62. The van der Waals surface area contributed by atoms with Crippen molar-refractivity contribution >= 4 is 23.3 Å². The van der Waals surface area contributed by atoms with Gasteiger partial charge in [0.05, 0.1) is 23.0 Å². The highest BCUT2D eigenvalue weighted by atomic mass is 19.3. The minimum Gasteiger partial charge on any atom is -0.338 e. The van der Waals surface area contributed by atoms with Crippen molar-refractivity contribution in [2.75, 3.05) is 5.32 Å². The molecule has 10 nitrogen and oxygen atoms in total. The molecular formula is C23H23F3N7O3+. The second-order valence-corrected chi connectivity index (χ2v) is 9.62. The largest absolute Gasteiger partial charge is 0.338 e. The van der Waals surface area contributed by atoms with Crippen LogP contribution in [-0.2, 0) is 11.2 Å². The Morgan fingerprint density at radius 3 is 2.75 bits per heavy atom. The molecule has 2 amide bonds. The zero-order valence-corrected chi connectivity index (χ0v) is 19.1. The molecule has 4 heterocycles. The molecule has 36 heavy (non-hydrogen) atoms. The quantitative estimate of drug-likeness (QED) is 0.217. The van der Waals surface area contributed by atoms with Crippen LogP contribution in [0.3, 0.4) is 0 Å². The maximum Gasteiger partial charge on any atom is 0.293 e. The van der Waals surface area contributed by atoms with Crippen molar-refractivity contribution in [3.8, 4) is 0 Å². The number of pyridine rings is 1. The number of anilines is 1. The van der Waals surface area contributed by atoms with Gasteiger partial charge >= 0.3 is 0 Å². The van der Waals surface area contributed by atoms with Crippen LogP contribution in [0.5, 0.6) is 0 Å². The Kier molecular flexibility index (Phi) is 4.90. The Balaban J connectivity index is 1.31. The number of nitrogens with zero attached hydrogens (tertiary/aromatic N) is 2. The van der Waals surface area contributed by atoms with Crippen LogP contribution in [0, 0.1) is 18.7 Å². The first-order valence-corrected chi connectivity index (χ1v) is 11.6. The number of nitrogens with two attached hydrogens (primary N) is 1. The number of aromatic nitrogens is 2. The van der Waals surface area contributed by atoms with E-state index in [2.05, 4.69) is 26.5 Å². The van der Waals surface area contributed by atoms with E-state index in [1.807, 2.05) is 0 Å². The van der Waals surface area contributed by atoms with Gasteiger partial charge < -0.3 is 15.2 Å². The van der Waals surface area contributed by atoms with E-state index >= 15 is 0 Å². The standard InChI is InChI=1S/C23H22F3N7O3/c1-9-15(19(34)22(36)30-23(3-4-23)14-8-28-32-31-14)13-7-10-6-12(10)33(13)18(9)21(35)29-11-2-5-27-17(16(11)24)20(25)26/h2,5,8,10,12,20,28,31-32H,3-4,6-7H2,1H3,(H,30,36)(H,27,29,35)/p+1. The molecule has 13 heteroatoms. The van der Waals surface area contributed by atoms with Crippen molar-refractivity contribution in [2.24, 2.45) is 5.92 Å². The van der Waals surface area contributed by atoms with Crippen LogP contribution in [0.4, 0.5) is 18.9 Å². The Morgan fingerprint density at radius 2 is 2.08 bits per heavy atom. The molecule has 2 aromatic heterocycles. The van der Waals surface area contributed by atoms with Gasteiger partial charge in [-0.05, 0) is 50.2 Å². The van der Waals surface area contributed by atoms with Gasteiger partial charge in [-0.25, -0.2) is 24.0 Å². The number of alkyl halides is 2. The topological polar surface area (TPSA) is 134 Å². The Labute approximate surface area is 202 Å². The van der Waals surface area contributed by atoms with Crippen LogP contribution < -0.4 is 27.0 Å². The zero-order chi connectivity index (χ0) is 25.4. The number of Topliss-reactive ketones (excluding diaryl/α,β-unsaturated/α-hetero) is 1. The summed E-state index contributed by atoms with van der Waals surface area (Å²) in [6.45, 7) is 1.57. The molecule has 2 aliphatic heterocycles. The SMILES string of the molecule is Cc1c(C(=O)C(=O)NC2(C3=CN[NH2+]N3)CC2)c2n(c1C(=O)Nc1ccnc(C(F)F)c1F)C1CC1C2. The molecule has 0 bridgehead atoms. The number of quaternary nitrogens is 1. The van der Waals surface area contributed by atoms with E-state index in [4.69, 9.17) is 0 Å². The minimum absolute atomic E-state index is 0.00667. The molecule has 0 radical (unpaired) electrons. The van der Waals surface area contributed by atoms with Gasteiger partial charge in [0.2, 0.25) is 0 Å². The van der Waals surface area contributed by atoms with E-state index in [0.717, 1.165) is 24.4 Å². The number of amides is 2. The first kappa shape index (κ1) is 22.6. The zero-order valence-electron chi connectivity index (χ0n) is 19.1. The predicted octanol–water partition coefficient (Wildman–Crippen LogP) is 0.897. The van der Waals surface area contributed by atoms with E-state index in [9.17, 15) is 27.6 Å². The molecule has 6 rings (SSSR count). The van der Waals surface area contributed by atoms with Crippen LogP contribution in [0.25, 0.3) is 0 Å². The summed E-state index contributed by atoms with van der Waals surface area (Å²) in [7, 11) is 0. The van der Waals surface area contributed by atoms with Crippen LogP contribution in [0.15, 0.2) is 24.2 Å². The number of carbonyl (C=O) groups is 3. The highest BCUT2D eigenvalue weighted by molar-refractivity contribution is 6.44. The maximum atomic E-state index is 14.5. The summed E-state index contributed by atoms with van der Waals surface area (Å²) in [5, 5.41) is 5.19. The van der Waals surface area contributed by atoms with Crippen molar-refractivity contribution in [3.63, 3.8) is 0 Å². The Morgan fingerprint density at radius 1 is 1.31 bits per heavy atom. The van der Waals surface area contributed by atoms with Crippen LogP contribution in [-0.4, -0.2) is 32.7 Å². The summed E-state index contributed by atoms with van der Waals surface area (Å²) in [4.78, 5) is 43.0. The van der Waals surface area contributed by atoms with E-state index in [1.165, 1.54) is 0 Å². The molecule has 188 valence electrons. The molecular weight excluding hydrogens is 479 g/mol. The molecule has 2 aromatic rings. The molecule has 6 N–H and O–H groups in total. The lowest BCUT2D eigenvalue weighted by Gasteiger charge is -2.16. The highest BCUT2D eigenvalue weighted by Crippen LogP contribution is 2.54. The first-order chi connectivity index (χ1) is 17.2. The number of nitrogens with one attached hydrogen (secondary N) is 4. The number of hydrogen-bond acceptors (Lipinski definition) is 6. The van der Waals surface area contributed by atoms with Crippen LogP contribution in [0.1, 0.15) is 69.5 Å². The van der Waals surface area contributed by atoms with Crippen molar-refractivity contribution < 1.29 is 33.1 Å². The average molecular weight is 502 g/mol. The van der Waals surface area contributed by atoms with Gasteiger partial charge in [0, 0.05) is 17.9 Å². The van der Waals surface area contributed by atoms with Gasteiger partial charge in [0.1, 0.15) is 17.1 Å². The lowest BCUT2D eigenvalue weighted by molar-refractivity contribution is -0.740. The highest BCUT2D eigenvalue weighted by Gasteiger charge is 2.53. The van der Waals surface area contributed by atoms with E-state index in [-0.39, 0.29) is 23.2 Å². The van der Waals surface area contributed by atoms with Crippen molar-refractivity contribution in [3.05, 3.63) is 58.2 Å². The third-order valence-electron chi connectivity index (χ3n) is 7.40.